The highest BCUT2D eigenvalue weighted by Gasteiger charge is 2.23. The van der Waals surface area contributed by atoms with Gasteiger partial charge in [-0.3, -0.25) is 4.99 Å². The molecule has 22 heavy (non-hydrogen) atoms. The van der Waals surface area contributed by atoms with Crippen LogP contribution in [0.3, 0.4) is 0 Å². The van der Waals surface area contributed by atoms with E-state index in [1.54, 1.807) is 13.3 Å². The summed E-state index contributed by atoms with van der Waals surface area (Å²) in [5, 5.41) is 3.83. The molecular weight excluding hydrogens is 278 g/mol. The largest absolute Gasteiger partial charge is 0.379 e. The Morgan fingerprint density at radius 1 is 1.05 bits per heavy atom. The van der Waals surface area contributed by atoms with Crippen molar-refractivity contribution in [3.05, 3.63) is 0 Å². The van der Waals surface area contributed by atoms with Gasteiger partial charge in [0.2, 0.25) is 0 Å². The maximum Gasteiger partial charge on any atom is 0.0806 e. The first-order valence-electron chi connectivity index (χ1n) is 7.86. The number of hydrazone groups is 1. The summed E-state index contributed by atoms with van der Waals surface area (Å²) < 4.78 is 11.4. The maximum atomic E-state index is 5.97. The summed E-state index contributed by atoms with van der Waals surface area (Å²) in [6.45, 7) is 16.0. The molecule has 0 bridgehead atoms. The Kier molecular flexibility index (Phi) is 8.26. The van der Waals surface area contributed by atoms with Gasteiger partial charge in [0.15, 0.2) is 0 Å². The predicted molar refractivity (Wildman–Crippen MR) is 94.8 cm³/mol. The lowest BCUT2D eigenvalue weighted by Gasteiger charge is -2.28. The van der Waals surface area contributed by atoms with Gasteiger partial charge in [-0.2, -0.15) is 5.10 Å². The molecule has 0 saturated heterocycles. The van der Waals surface area contributed by atoms with Gasteiger partial charge < -0.3 is 15.3 Å². The SMILES string of the molecule is COC(C)(C)CCOC(C)(C)CC(C=NCC(C)(C)C)=NN. The standard InChI is InChI=1S/C17H35N3O2/c1-15(2,3)13-19-12-14(20-18)11-17(6,7)22-10-9-16(4,5)21-8/h12H,9-11,13,18H2,1-8H3. The van der Waals surface area contributed by atoms with Crippen LogP contribution in [0.2, 0.25) is 0 Å². The zero-order chi connectivity index (χ0) is 17.4. The van der Waals surface area contributed by atoms with Crippen LogP contribution in [-0.4, -0.2) is 43.4 Å². The van der Waals surface area contributed by atoms with Crippen LogP contribution in [0, 0.1) is 5.41 Å². The number of hydrogen-bond donors (Lipinski definition) is 1. The van der Waals surface area contributed by atoms with Crippen LogP contribution in [0.5, 0.6) is 0 Å². The van der Waals surface area contributed by atoms with Gasteiger partial charge in [-0.05, 0) is 39.5 Å². The van der Waals surface area contributed by atoms with E-state index in [0.29, 0.717) is 13.0 Å². The second kappa shape index (κ2) is 8.63. The summed E-state index contributed by atoms with van der Waals surface area (Å²) in [6, 6.07) is 0. The van der Waals surface area contributed by atoms with Gasteiger partial charge in [-0.1, -0.05) is 20.8 Å². The molecule has 0 amide bonds. The van der Waals surface area contributed by atoms with Crippen LogP contribution in [0.15, 0.2) is 10.1 Å². The van der Waals surface area contributed by atoms with Gasteiger partial charge in [0.05, 0.1) is 23.5 Å². The summed E-state index contributed by atoms with van der Waals surface area (Å²) in [4.78, 5) is 4.42. The Morgan fingerprint density at radius 3 is 2.09 bits per heavy atom. The topological polar surface area (TPSA) is 69.2 Å². The van der Waals surface area contributed by atoms with Crippen LogP contribution >= 0.6 is 0 Å². The van der Waals surface area contributed by atoms with Crippen molar-refractivity contribution in [3.8, 4) is 0 Å². The quantitative estimate of drug-likeness (QED) is 0.403. The van der Waals surface area contributed by atoms with E-state index < -0.39 is 0 Å². The molecule has 0 fully saturated rings. The Morgan fingerprint density at radius 2 is 1.64 bits per heavy atom. The molecule has 0 heterocycles. The first-order chi connectivity index (χ1) is 9.91. The molecule has 0 radical (unpaired) electrons. The minimum absolute atomic E-state index is 0.161. The monoisotopic (exact) mass is 313 g/mol. The number of rotatable bonds is 9. The highest BCUT2D eigenvalue weighted by atomic mass is 16.5. The molecule has 0 unspecified atom stereocenters. The molecule has 0 spiro atoms. The van der Waals surface area contributed by atoms with Crippen molar-refractivity contribution >= 4 is 11.9 Å². The summed E-state index contributed by atoms with van der Waals surface area (Å²) in [7, 11) is 1.72. The van der Waals surface area contributed by atoms with Crippen LogP contribution in [0.25, 0.3) is 0 Å². The maximum absolute atomic E-state index is 5.97. The second-order valence-electron chi connectivity index (χ2n) is 8.15. The number of ether oxygens (including phenoxy) is 2. The molecule has 0 aliphatic heterocycles. The van der Waals surface area contributed by atoms with Gasteiger partial charge >= 0.3 is 0 Å². The Balaban J connectivity index is 4.42. The normalized spacial score (nSPS) is 14.8. The van der Waals surface area contributed by atoms with Crippen LogP contribution < -0.4 is 5.84 Å². The average Bonchev–Trinajstić information content (AvgIpc) is 2.35. The lowest BCUT2D eigenvalue weighted by molar-refractivity contribution is -0.0545. The molecule has 5 nitrogen and oxygen atoms in total. The van der Waals surface area contributed by atoms with E-state index in [1.165, 1.54) is 0 Å². The van der Waals surface area contributed by atoms with E-state index in [4.69, 9.17) is 15.3 Å². The molecule has 0 saturated carbocycles. The van der Waals surface area contributed by atoms with Crippen molar-refractivity contribution in [2.45, 2.75) is 72.5 Å². The van der Waals surface area contributed by atoms with Crippen molar-refractivity contribution < 1.29 is 9.47 Å². The third kappa shape index (κ3) is 10.7. The van der Waals surface area contributed by atoms with E-state index in [0.717, 1.165) is 18.7 Å². The lowest BCUT2D eigenvalue weighted by atomic mass is 9.97. The van der Waals surface area contributed by atoms with Gasteiger partial charge in [-0.25, -0.2) is 0 Å². The molecule has 0 atom stereocenters. The Bertz CT molecular complexity index is 380. The number of nitrogens with zero attached hydrogens (tertiary/aromatic N) is 2. The van der Waals surface area contributed by atoms with E-state index in [2.05, 4.69) is 44.7 Å². The van der Waals surface area contributed by atoms with Crippen molar-refractivity contribution in [3.63, 3.8) is 0 Å². The third-order valence-corrected chi connectivity index (χ3v) is 3.33. The Hall–Kier alpha value is -0.940. The molecule has 0 aliphatic carbocycles. The fraction of sp³-hybridized carbons (Fsp3) is 0.882. The molecule has 0 aromatic rings. The van der Waals surface area contributed by atoms with Gasteiger partial charge in [0.1, 0.15) is 0 Å². The van der Waals surface area contributed by atoms with Gasteiger partial charge in [0.25, 0.3) is 0 Å². The van der Waals surface area contributed by atoms with E-state index >= 15 is 0 Å². The summed E-state index contributed by atoms with van der Waals surface area (Å²) in [5.41, 5.74) is 0.402. The van der Waals surface area contributed by atoms with Crippen LogP contribution in [-0.2, 0) is 9.47 Å². The summed E-state index contributed by atoms with van der Waals surface area (Å²) in [6.07, 6.45) is 3.22. The van der Waals surface area contributed by atoms with Crippen LogP contribution in [0.1, 0.15) is 61.3 Å². The number of aliphatic imine (C=N–C) groups is 1. The molecule has 5 heteroatoms. The summed E-state index contributed by atoms with van der Waals surface area (Å²) in [5.74, 6) is 5.47. The fourth-order valence-corrected chi connectivity index (χ4v) is 1.71. The number of methoxy groups -OCH3 is 1. The van der Waals surface area contributed by atoms with Crippen LogP contribution in [0.4, 0.5) is 0 Å². The van der Waals surface area contributed by atoms with Crippen molar-refractivity contribution in [1.82, 2.24) is 0 Å². The van der Waals surface area contributed by atoms with Gasteiger partial charge in [-0.15, -0.1) is 0 Å². The van der Waals surface area contributed by atoms with E-state index in [-0.39, 0.29) is 16.6 Å². The zero-order valence-corrected chi connectivity index (χ0v) is 15.7. The minimum atomic E-state index is -0.338. The van der Waals surface area contributed by atoms with E-state index in [1.807, 2.05) is 13.8 Å². The van der Waals surface area contributed by atoms with Gasteiger partial charge in [0, 0.05) is 26.3 Å². The molecule has 0 rings (SSSR count). The average molecular weight is 313 g/mol. The summed E-state index contributed by atoms with van der Waals surface area (Å²) >= 11 is 0. The van der Waals surface area contributed by atoms with Crippen molar-refractivity contribution in [1.29, 1.82) is 0 Å². The number of nitrogens with two attached hydrogens (primary N) is 1. The minimum Gasteiger partial charge on any atom is -0.379 e. The van der Waals surface area contributed by atoms with Crippen molar-refractivity contribution in [2.75, 3.05) is 20.3 Å². The fourth-order valence-electron chi connectivity index (χ4n) is 1.71. The second-order valence-corrected chi connectivity index (χ2v) is 8.15. The lowest BCUT2D eigenvalue weighted by Crippen LogP contribution is -2.32. The Labute approximate surface area is 136 Å². The molecular formula is C17H35N3O2. The molecule has 130 valence electrons. The third-order valence-electron chi connectivity index (χ3n) is 3.33. The smallest absolute Gasteiger partial charge is 0.0806 e. The number of hydrogen-bond acceptors (Lipinski definition) is 5. The highest BCUT2D eigenvalue weighted by Crippen LogP contribution is 2.19. The molecule has 0 aliphatic rings. The molecule has 0 aromatic heterocycles. The predicted octanol–water partition coefficient (Wildman–Crippen LogP) is 3.42. The highest BCUT2D eigenvalue weighted by molar-refractivity contribution is 6.30. The van der Waals surface area contributed by atoms with Crippen molar-refractivity contribution in [2.24, 2.45) is 21.4 Å². The first kappa shape index (κ1) is 21.1. The zero-order valence-electron chi connectivity index (χ0n) is 15.7. The molecule has 2 N–H and O–H groups in total. The molecule has 0 aromatic carbocycles. The van der Waals surface area contributed by atoms with E-state index in [9.17, 15) is 0 Å². The first-order valence-corrected chi connectivity index (χ1v) is 7.86.